The van der Waals surface area contributed by atoms with E-state index in [4.69, 9.17) is 4.74 Å². The molecule has 0 aliphatic carbocycles. The van der Waals surface area contributed by atoms with Gasteiger partial charge in [0.25, 0.3) is 0 Å². The SMILES string of the molecule is Cl.O=C(Cc1ccc2c(c1)CN(C(=O)CCCCCN1CCN(c3cccc(C(F)(F)F)c3)CC1)C2)N1CCOCC1. The summed E-state index contributed by atoms with van der Waals surface area (Å²) >= 11 is 0. The van der Waals surface area contributed by atoms with Crippen LogP contribution in [0.4, 0.5) is 18.9 Å². The third-order valence-electron chi connectivity index (χ3n) is 8.34. The highest BCUT2D eigenvalue weighted by atomic mass is 35.5. The van der Waals surface area contributed by atoms with E-state index >= 15 is 0 Å². The maximum absolute atomic E-state index is 13.0. The molecule has 2 saturated heterocycles. The first-order chi connectivity index (χ1) is 19.8. The van der Waals surface area contributed by atoms with E-state index in [0.29, 0.717) is 71.0 Å². The number of alkyl halides is 3. The Hall–Kier alpha value is -2.82. The summed E-state index contributed by atoms with van der Waals surface area (Å²) in [6.07, 6.45) is -0.617. The molecule has 0 radical (unpaired) electrons. The number of hydrogen-bond donors (Lipinski definition) is 0. The zero-order chi connectivity index (χ0) is 28.8. The van der Waals surface area contributed by atoms with Crippen molar-refractivity contribution < 1.29 is 27.5 Å². The fourth-order valence-corrected chi connectivity index (χ4v) is 5.89. The van der Waals surface area contributed by atoms with Crippen LogP contribution in [0.1, 0.15) is 47.9 Å². The molecule has 230 valence electrons. The number of halogens is 4. The van der Waals surface area contributed by atoms with E-state index in [-0.39, 0.29) is 24.2 Å². The standard InChI is InChI=1S/C31H39F3N4O3.ClH/c32-31(33,34)27-5-4-6-28(21-27)36-13-11-35(12-14-36)10-3-1-2-7-29(39)38-22-25-9-8-24(19-26(25)23-38)20-30(40)37-15-17-41-18-16-37;/h4-6,8-9,19,21H,1-3,7,10-18,20,22-23H2;1H. The van der Waals surface area contributed by atoms with Crippen molar-refractivity contribution in [1.82, 2.24) is 14.7 Å². The molecule has 0 spiro atoms. The lowest BCUT2D eigenvalue weighted by molar-refractivity contribution is -0.137. The maximum Gasteiger partial charge on any atom is 0.416 e. The van der Waals surface area contributed by atoms with E-state index in [1.165, 1.54) is 12.1 Å². The first-order valence-corrected chi connectivity index (χ1v) is 14.6. The number of hydrogen-bond acceptors (Lipinski definition) is 5. The van der Waals surface area contributed by atoms with Gasteiger partial charge in [-0.25, -0.2) is 0 Å². The summed E-state index contributed by atoms with van der Waals surface area (Å²) < 4.78 is 44.5. The summed E-state index contributed by atoms with van der Waals surface area (Å²) in [6, 6.07) is 11.7. The van der Waals surface area contributed by atoms with E-state index in [1.54, 1.807) is 6.07 Å². The van der Waals surface area contributed by atoms with E-state index in [9.17, 15) is 22.8 Å². The Kier molecular flexibility index (Phi) is 11.1. The van der Waals surface area contributed by atoms with Crippen LogP contribution in [0.2, 0.25) is 0 Å². The van der Waals surface area contributed by atoms with Gasteiger partial charge in [0.15, 0.2) is 0 Å². The topological polar surface area (TPSA) is 56.3 Å². The minimum atomic E-state index is -4.33. The molecule has 3 aliphatic heterocycles. The zero-order valence-corrected chi connectivity index (χ0v) is 24.7. The Morgan fingerprint density at radius 3 is 2.26 bits per heavy atom. The number of rotatable bonds is 9. The molecule has 0 N–H and O–H groups in total. The lowest BCUT2D eigenvalue weighted by atomic mass is 10.0. The van der Waals surface area contributed by atoms with Crippen LogP contribution in [0.5, 0.6) is 0 Å². The number of morpholine rings is 1. The highest BCUT2D eigenvalue weighted by Crippen LogP contribution is 2.32. The van der Waals surface area contributed by atoms with Crippen LogP contribution in [0.15, 0.2) is 42.5 Å². The molecule has 3 aliphatic rings. The number of anilines is 1. The predicted octanol–water partition coefficient (Wildman–Crippen LogP) is 4.75. The summed E-state index contributed by atoms with van der Waals surface area (Å²) in [5.41, 5.74) is 3.30. The molecule has 0 unspecified atom stereocenters. The van der Waals surface area contributed by atoms with Gasteiger partial charge in [-0.2, -0.15) is 13.2 Å². The summed E-state index contributed by atoms with van der Waals surface area (Å²) in [5, 5.41) is 0. The Morgan fingerprint density at radius 1 is 0.786 bits per heavy atom. The number of amides is 2. The summed E-state index contributed by atoms with van der Waals surface area (Å²) in [7, 11) is 0. The van der Waals surface area contributed by atoms with Gasteiger partial charge in [0.05, 0.1) is 25.2 Å². The number of piperazine rings is 1. The molecule has 0 bridgehead atoms. The van der Waals surface area contributed by atoms with Crippen LogP contribution >= 0.6 is 12.4 Å². The highest BCUT2D eigenvalue weighted by Gasteiger charge is 2.31. The van der Waals surface area contributed by atoms with Gasteiger partial charge in [-0.1, -0.05) is 30.7 Å². The summed E-state index contributed by atoms with van der Waals surface area (Å²) in [4.78, 5) is 33.6. The molecule has 2 aromatic rings. The minimum Gasteiger partial charge on any atom is -0.378 e. The van der Waals surface area contributed by atoms with Crippen LogP contribution in [-0.4, -0.2) is 85.5 Å². The Bertz CT molecular complexity index is 1210. The van der Waals surface area contributed by atoms with Crippen molar-refractivity contribution in [2.24, 2.45) is 0 Å². The molecule has 0 saturated carbocycles. The Labute approximate surface area is 252 Å². The lowest BCUT2D eigenvalue weighted by Crippen LogP contribution is -2.46. The molecule has 0 aromatic heterocycles. The second-order valence-electron chi connectivity index (χ2n) is 11.2. The van der Waals surface area contributed by atoms with E-state index in [0.717, 1.165) is 61.7 Å². The number of carbonyl (C=O) groups is 2. The number of unbranched alkanes of at least 4 members (excludes halogenated alkanes) is 2. The largest absolute Gasteiger partial charge is 0.416 e. The quantitative estimate of drug-likeness (QED) is 0.385. The Balaban J connectivity index is 0.00000405. The average Bonchev–Trinajstić information content (AvgIpc) is 3.41. The van der Waals surface area contributed by atoms with Gasteiger partial charge in [-0.15, -0.1) is 12.4 Å². The molecule has 2 aromatic carbocycles. The molecule has 2 fully saturated rings. The van der Waals surface area contributed by atoms with Gasteiger partial charge < -0.3 is 19.4 Å². The zero-order valence-electron chi connectivity index (χ0n) is 23.9. The Morgan fingerprint density at radius 2 is 1.52 bits per heavy atom. The van der Waals surface area contributed by atoms with Crippen LogP contribution in [-0.2, 0) is 40.0 Å². The smallest absolute Gasteiger partial charge is 0.378 e. The highest BCUT2D eigenvalue weighted by molar-refractivity contribution is 5.85. The molecule has 2 amide bonds. The van der Waals surface area contributed by atoms with Crippen molar-refractivity contribution in [2.45, 2.75) is 51.4 Å². The first-order valence-electron chi connectivity index (χ1n) is 14.6. The van der Waals surface area contributed by atoms with Crippen LogP contribution < -0.4 is 4.90 Å². The third-order valence-corrected chi connectivity index (χ3v) is 8.34. The van der Waals surface area contributed by atoms with Crippen LogP contribution in [0.3, 0.4) is 0 Å². The molecule has 3 heterocycles. The van der Waals surface area contributed by atoms with E-state index < -0.39 is 11.7 Å². The number of carbonyl (C=O) groups excluding carboxylic acids is 2. The van der Waals surface area contributed by atoms with Crippen LogP contribution in [0, 0.1) is 0 Å². The fraction of sp³-hybridized carbons (Fsp3) is 0.548. The van der Waals surface area contributed by atoms with E-state index in [2.05, 4.69) is 17.0 Å². The normalized spacial score (nSPS) is 17.6. The maximum atomic E-state index is 13.0. The van der Waals surface area contributed by atoms with Gasteiger partial charge in [-0.05, 0) is 54.3 Å². The van der Waals surface area contributed by atoms with Crippen molar-refractivity contribution in [3.05, 3.63) is 64.7 Å². The third kappa shape index (κ3) is 8.39. The van der Waals surface area contributed by atoms with E-state index in [1.807, 2.05) is 20.8 Å². The molecular weight excluding hydrogens is 569 g/mol. The molecule has 42 heavy (non-hydrogen) atoms. The average molecular weight is 609 g/mol. The molecule has 7 nitrogen and oxygen atoms in total. The van der Waals surface area contributed by atoms with Crippen molar-refractivity contribution in [3.63, 3.8) is 0 Å². The molecular formula is C31H40ClF3N4O3. The predicted molar refractivity (Wildman–Crippen MR) is 158 cm³/mol. The fourth-order valence-electron chi connectivity index (χ4n) is 5.89. The molecule has 11 heteroatoms. The summed E-state index contributed by atoms with van der Waals surface area (Å²) in [6.45, 7) is 7.70. The molecule has 0 atom stereocenters. The second kappa shape index (κ2) is 14.6. The molecule has 5 rings (SSSR count). The lowest BCUT2D eigenvalue weighted by Gasteiger charge is -2.36. The van der Waals surface area contributed by atoms with Gasteiger partial charge in [-0.3, -0.25) is 14.5 Å². The number of ether oxygens (including phenoxy) is 1. The van der Waals surface area contributed by atoms with Crippen LogP contribution in [0.25, 0.3) is 0 Å². The second-order valence-corrected chi connectivity index (χ2v) is 11.2. The number of benzene rings is 2. The van der Waals surface area contributed by atoms with Gasteiger partial charge in [0.2, 0.25) is 11.8 Å². The van der Waals surface area contributed by atoms with Crippen molar-refractivity contribution >= 4 is 29.9 Å². The van der Waals surface area contributed by atoms with Gasteiger partial charge in [0.1, 0.15) is 0 Å². The van der Waals surface area contributed by atoms with Gasteiger partial charge in [0, 0.05) is 64.5 Å². The monoisotopic (exact) mass is 608 g/mol. The van der Waals surface area contributed by atoms with Gasteiger partial charge >= 0.3 is 6.18 Å². The minimum absolute atomic E-state index is 0. The van der Waals surface area contributed by atoms with Crippen molar-refractivity contribution in [3.8, 4) is 0 Å². The van der Waals surface area contributed by atoms with Crippen molar-refractivity contribution in [1.29, 1.82) is 0 Å². The first kappa shape index (κ1) is 32.1. The number of fused-ring (bicyclic) bond motifs is 1. The summed E-state index contributed by atoms with van der Waals surface area (Å²) in [5.74, 6) is 0.290. The number of nitrogens with zero attached hydrogens (tertiary/aromatic N) is 4. The van der Waals surface area contributed by atoms with Crippen molar-refractivity contribution in [2.75, 3.05) is 63.9 Å².